The normalized spacial score (nSPS) is 11.2. The summed E-state index contributed by atoms with van der Waals surface area (Å²) in [6.45, 7) is 7.53. The van der Waals surface area contributed by atoms with Crippen molar-refractivity contribution in [2.75, 3.05) is 11.9 Å². The summed E-state index contributed by atoms with van der Waals surface area (Å²) in [4.78, 5) is 31.7. The van der Waals surface area contributed by atoms with Crippen LogP contribution >= 0.6 is 23.2 Å². The van der Waals surface area contributed by atoms with Crippen molar-refractivity contribution in [1.82, 2.24) is 14.5 Å². The molecular formula is C25H27Cl2FN4O2. The van der Waals surface area contributed by atoms with E-state index in [1.807, 2.05) is 39.8 Å². The Labute approximate surface area is 208 Å². The van der Waals surface area contributed by atoms with Crippen molar-refractivity contribution in [3.8, 4) is 16.9 Å². The fraction of sp³-hybridized carbons (Fsp3) is 0.320. The minimum Gasteiger partial charge on any atom is -0.331 e. The van der Waals surface area contributed by atoms with E-state index in [1.165, 1.54) is 23.1 Å². The fourth-order valence-corrected chi connectivity index (χ4v) is 3.70. The third-order valence-corrected chi connectivity index (χ3v) is 5.66. The molecule has 1 N–H and O–H groups in total. The quantitative estimate of drug-likeness (QED) is 0.396. The zero-order valence-electron chi connectivity index (χ0n) is 19.5. The van der Waals surface area contributed by atoms with Gasteiger partial charge in [-0.1, -0.05) is 49.2 Å². The summed E-state index contributed by atoms with van der Waals surface area (Å²) in [6.07, 6.45) is 2.07. The highest BCUT2D eigenvalue weighted by molar-refractivity contribution is 6.31. The zero-order valence-corrected chi connectivity index (χ0v) is 21.0. The maximum absolute atomic E-state index is 13.7. The van der Waals surface area contributed by atoms with Gasteiger partial charge in [0.15, 0.2) is 0 Å². The molecule has 1 aromatic heterocycles. The van der Waals surface area contributed by atoms with Gasteiger partial charge in [0.25, 0.3) is 0 Å². The van der Waals surface area contributed by atoms with Gasteiger partial charge in [0.05, 0.1) is 16.4 Å². The minimum absolute atomic E-state index is 0.0539. The fourth-order valence-electron chi connectivity index (χ4n) is 3.40. The maximum Gasteiger partial charge on any atom is 0.246 e. The van der Waals surface area contributed by atoms with Gasteiger partial charge in [-0.3, -0.25) is 19.5 Å². The van der Waals surface area contributed by atoms with Gasteiger partial charge in [-0.2, -0.15) is 0 Å². The van der Waals surface area contributed by atoms with E-state index < -0.39 is 11.7 Å². The van der Waals surface area contributed by atoms with Crippen molar-refractivity contribution in [2.45, 2.75) is 40.2 Å². The summed E-state index contributed by atoms with van der Waals surface area (Å²) in [5.41, 5.74) is 1.87. The van der Waals surface area contributed by atoms with Gasteiger partial charge in [0.1, 0.15) is 12.4 Å². The first-order valence-electron chi connectivity index (χ1n) is 10.9. The number of benzene rings is 2. The molecule has 3 rings (SSSR count). The summed E-state index contributed by atoms with van der Waals surface area (Å²) >= 11 is 12.0. The highest BCUT2D eigenvalue weighted by Crippen LogP contribution is 2.27. The van der Waals surface area contributed by atoms with Crippen molar-refractivity contribution in [3.05, 3.63) is 64.5 Å². The molecule has 1 heterocycles. The molecule has 0 radical (unpaired) electrons. The summed E-state index contributed by atoms with van der Waals surface area (Å²) in [5.74, 6) is -0.632. The molecule has 0 saturated carbocycles. The summed E-state index contributed by atoms with van der Waals surface area (Å²) in [6, 6.07) is 11.2. The van der Waals surface area contributed by atoms with Gasteiger partial charge in [-0.25, -0.2) is 9.37 Å². The van der Waals surface area contributed by atoms with Crippen molar-refractivity contribution in [3.63, 3.8) is 0 Å². The van der Waals surface area contributed by atoms with Crippen molar-refractivity contribution < 1.29 is 14.0 Å². The number of amides is 2. The number of carbonyl (C=O) groups excluding carboxylic acids is 2. The third-order valence-electron chi connectivity index (χ3n) is 5.12. The van der Waals surface area contributed by atoms with Gasteiger partial charge in [0, 0.05) is 29.2 Å². The second kappa shape index (κ2) is 11.0. The topological polar surface area (TPSA) is 67.2 Å². The van der Waals surface area contributed by atoms with Crippen molar-refractivity contribution in [1.29, 1.82) is 0 Å². The molecular weight excluding hydrogens is 478 g/mol. The predicted molar refractivity (Wildman–Crippen MR) is 134 cm³/mol. The van der Waals surface area contributed by atoms with Crippen LogP contribution in [0, 0.1) is 11.7 Å². The van der Waals surface area contributed by atoms with Crippen LogP contribution in [0.5, 0.6) is 0 Å². The molecule has 2 amide bonds. The molecule has 3 aromatic rings. The molecule has 9 heteroatoms. The molecule has 0 fully saturated rings. The lowest BCUT2D eigenvalue weighted by atomic mass is 10.1. The van der Waals surface area contributed by atoms with Crippen molar-refractivity contribution >= 4 is 41.0 Å². The molecule has 180 valence electrons. The van der Waals surface area contributed by atoms with Crippen molar-refractivity contribution in [2.24, 2.45) is 5.92 Å². The van der Waals surface area contributed by atoms with E-state index in [1.54, 1.807) is 22.9 Å². The molecule has 0 bridgehead atoms. The molecule has 0 unspecified atom stereocenters. The van der Waals surface area contributed by atoms with E-state index in [0.29, 0.717) is 22.8 Å². The van der Waals surface area contributed by atoms with E-state index in [-0.39, 0.29) is 35.4 Å². The average molecular weight is 505 g/mol. The smallest absolute Gasteiger partial charge is 0.246 e. The first-order valence-corrected chi connectivity index (χ1v) is 11.7. The highest BCUT2D eigenvalue weighted by Gasteiger charge is 2.22. The Hall–Kier alpha value is -2.90. The van der Waals surface area contributed by atoms with E-state index in [2.05, 4.69) is 10.3 Å². The van der Waals surface area contributed by atoms with Crippen LogP contribution < -0.4 is 5.32 Å². The van der Waals surface area contributed by atoms with E-state index in [4.69, 9.17) is 23.2 Å². The van der Waals surface area contributed by atoms with E-state index in [0.717, 1.165) is 5.56 Å². The number of anilines is 1. The Balaban J connectivity index is 1.93. The van der Waals surface area contributed by atoms with Crippen LogP contribution in [-0.4, -0.2) is 38.9 Å². The molecule has 6 nitrogen and oxygen atoms in total. The number of imidazole rings is 1. The van der Waals surface area contributed by atoms with Crippen LogP contribution in [0.2, 0.25) is 10.0 Å². The number of aromatic nitrogens is 2. The Morgan fingerprint density at radius 3 is 2.35 bits per heavy atom. The first kappa shape index (κ1) is 25.7. The predicted octanol–water partition coefficient (Wildman–Crippen LogP) is 6.21. The molecule has 0 spiro atoms. The lowest BCUT2D eigenvalue weighted by Crippen LogP contribution is -2.43. The highest BCUT2D eigenvalue weighted by atomic mass is 35.5. The molecule has 2 aromatic carbocycles. The number of carbonyl (C=O) groups is 2. The van der Waals surface area contributed by atoms with Crippen LogP contribution in [0.1, 0.15) is 34.1 Å². The number of hydrogen-bond acceptors (Lipinski definition) is 3. The lowest BCUT2D eigenvalue weighted by molar-refractivity contribution is -0.137. The molecule has 0 aliphatic carbocycles. The Morgan fingerprint density at radius 1 is 1.09 bits per heavy atom. The molecule has 0 saturated heterocycles. The van der Waals surface area contributed by atoms with Gasteiger partial charge >= 0.3 is 0 Å². The molecule has 0 atom stereocenters. The first-order chi connectivity index (χ1) is 16.0. The maximum atomic E-state index is 13.7. The Bertz CT molecular complexity index is 1180. The standard InChI is InChI=1S/C25H27Cl2FN4O2/c1-15(2)11-24(34)31(16(3)4)14-23(33)30-25-29-22(17-5-7-18(26)8-6-17)13-32(25)19-9-10-21(28)20(27)12-19/h5-10,12-13,15-16H,11,14H2,1-4H3,(H,29,30,33). The Kier molecular flexibility index (Phi) is 8.33. The number of halogens is 3. The lowest BCUT2D eigenvalue weighted by Gasteiger charge is -2.27. The second-order valence-electron chi connectivity index (χ2n) is 8.69. The molecule has 0 aliphatic heterocycles. The number of rotatable bonds is 8. The number of hydrogen-bond donors (Lipinski definition) is 1. The van der Waals surface area contributed by atoms with Gasteiger partial charge in [0.2, 0.25) is 17.8 Å². The summed E-state index contributed by atoms with van der Waals surface area (Å²) in [5, 5.41) is 3.33. The van der Waals surface area contributed by atoms with Gasteiger partial charge in [-0.05, 0) is 50.1 Å². The number of nitrogens with zero attached hydrogens (tertiary/aromatic N) is 3. The van der Waals surface area contributed by atoms with E-state index in [9.17, 15) is 14.0 Å². The average Bonchev–Trinajstić information content (AvgIpc) is 3.17. The molecule has 0 aliphatic rings. The Morgan fingerprint density at radius 2 is 1.76 bits per heavy atom. The summed E-state index contributed by atoms with van der Waals surface area (Å²) in [7, 11) is 0. The monoisotopic (exact) mass is 504 g/mol. The largest absolute Gasteiger partial charge is 0.331 e. The molecule has 34 heavy (non-hydrogen) atoms. The summed E-state index contributed by atoms with van der Waals surface area (Å²) < 4.78 is 15.4. The van der Waals surface area contributed by atoms with Gasteiger partial charge in [-0.15, -0.1) is 0 Å². The minimum atomic E-state index is -0.551. The third kappa shape index (κ3) is 6.36. The van der Waals surface area contributed by atoms with Crippen LogP contribution in [-0.2, 0) is 9.59 Å². The van der Waals surface area contributed by atoms with E-state index >= 15 is 0 Å². The van der Waals surface area contributed by atoms with Crippen LogP contribution in [0.3, 0.4) is 0 Å². The second-order valence-corrected chi connectivity index (χ2v) is 9.53. The van der Waals surface area contributed by atoms with Crippen LogP contribution in [0.25, 0.3) is 16.9 Å². The van der Waals surface area contributed by atoms with Gasteiger partial charge < -0.3 is 4.90 Å². The van der Waals surface area contributed by atoms with Crippen LogP contribution in [0.15, 0.2) is 48.7 Å². The van der Waals surface area contributed by atoms with Crippen LogP contribution in [0.4, 0.5) is 10.3 Å². The zero-order chi connectivity index (χ0) is 25.0. The number of nitrogens with one attached hydrogen (secondary N) is 1. The SMILES string of the molecule is CC(C)CC(=O)N(CC(=O)Nc1nc(-c2ccc(Cl)cc2)cn1-c1ccc(F)c(Cl)c1)C(C)C.